The van der Waals surface area contributed by atoms with Crippen molar-refractivity contribution in [2.45, 2.75) is 38.7 Å². The van der Waals surface area contributed by atoms with Crippen molar-refractivity contribution in [3.05, 3.63) is 92.3 Å². The van der Waals surface area contributed by atoms with Crippen LogP contribution < -0.4 is 10.1 Å². The van der Waals surface area contributed by atoms with Gasteiger partial charge in [0.15, 0.2) is 5.78 Å². The van der Waals surface area contributed by atoms with Crippen LogP contribution in [0.5, 0.6) is 5.75 Å². The largest absolute Gasteiger partial charge is 0.497 e. The van der Waals surface area contributed by atoms with Gasteiger partial charge < -0.3 is 14.8 Å². The molecule has 0 radical (unpaired) electrons. The highest BCUT2D eigenvalue weighted by Gasteiger charge is 2.41. The Morgan fingerprint density at radius 1 is 1.15 bits per heavy atom. The summed E-state index contributed by atoms with van der Waals surface area (Å²) in [6.07, 6.45) is 1.67. The monoisotopic (exact) mass is 448 g/mol. The van der Waals surface area contributed by atoms with Gasteiger partial charge in [-0.05, 0) is 37.5 Å². The number of esters is 1. The van der Waals surface area contributed by atoms with Crippen molar-refractivity contribution in [1.29, 1.82) is 0 Å². The number of rotatable bonds is 6. The molecule has 0 aromatic heterocycles. The first-order chi connectivity index (χ1) is 15.9. The summed E-state index contributed by atoms with van der Waals surface area (Å²) in [5, 5.41) is 15.0. The Hall–Kier alpha value is -3.94. The first kappa shape index (κ1) is 22.3. The van der Waals surface area contributed by atoms with E-state index in [0.29, 0.717) is 41.8 Å². The molecule has 2 aromatic carbocycles. The van der Waals surface area contributed by atoms with E-state index in [1.165, 1.54) is 6.07 Å². The molecular weight excluding hydrogens is 424 g/mol. The molecule has 1 aliphatic carbocycles. The summed E-state index contributed by atoms with van der Waals surface area (Å²) < 4.78 is 10.7. The van der Waals surface area contributed by atoms with E-state index in [9.17, 15) is 19.7 Å². The minimum absolute atomic E-state index is 0.0169. The average Bonchev–Trinajstić information content (AvgIpc) is 2.82. The van der Waals surface area contributed by atoms with E-state index in [0.717, 1.165) is 11.3 Å². The van der Waals surface area contributed by atoms with Gasteiger partial charge in [-0.25, -0.2) is 4.79 Å². The first-order valence-corrected chi connectivity index (χ1v) is 10.7. The molecule has 8 heteroatoms. The molecule has 0 spiro atoms. The number of ether oxygens (including phenoxy) is 2. The van der Waals surface area contributed by atoms with Crippen molar-refractivity contribution in [1.82, 2.24) is 5.32 Å². The van der Waals surface area contributed by atoms with Gasteiger partial charge >= 0.3 is 5.97 Å². The zero-order valence-corrected chi connectivity index (χ0v) is 18.4. The standard InChI is InChI=1S/C25H24N2O6/c1-15-22(25(29)33-14-16-10-12-17(32-2)13-11-16)23(18-6-3-4-8-20(18)27(30)31)24-19(26-15)7-5-9-21(24)28/h3-4,6,8,10-13,23,26H,5,7,9,14H2,1-2H3/t23-/m0/s1. The Bertz CT molecular complexity index is 1180. The molecule has 0 saturated carbocycles. The third-order valence-electron chi connectivity index (χ3n) is 5.97. The number of nitro benzene ring substituents is 1. The van der Waals surface area contributed by atoms with E-state index >= 15 is 0 Å². The lowest BCUT2D eigenvalue weighted by atomic mass is 9.75. The van der Waals surface area contributed by atoms with Crippen LogP contribution >= 0.6 is 0 Å². The second-order valence-electron chi connectivity index (χ2n) is 8.01. The van der Waals surface area contributed by atoms with Crippen LogP contribution in [0.1, 0.15) is 43.2 Å². The van der Waals surface area contributed by atoms with Crippen LogP contribution in [0.15, 0.2) is 71.1 Å². The van der Waals surface area contributed by atoms with Crippen molar-refractivity contribution in [3.63, 3.8) is 0 Å². The summed E-state index contributed by atoms with van der Waals surface area (Å²) in [6.45, 7) is 1.75. The smallest absolute Gasteiger partial charge is 0.337 e. The zero-order valence-electron chi connectivity index (χ0n) is 18.4. The van der Waals surface area contributed by atoms with Crippen LogP contribution in [0, 0.1) is 10.1 Å². The number of hydrogen-bond acceptors (Lipinski definition) is 7. The molecule has 0 amide bonds. The molecule has 8 nitrogen and oxygen atoms in total. The van der Waals surface area contributed by atoms with Crippen LogP contribution in [-0.2, 0) is 20.9 Å². The Morgan fingerprint density at radius 3 is 2.58 bits per heavy atom. The molecule has 1 heterocycles. The number of nitrogens with one attached hydrogen (secondary N) is 1. The molecular formula is C25H24N2O6. The quantitative estimate of drug-likeness (QED) is 0.398. The molecule has 1 atom stereocenters. The van der Waals surface area contributed by atoms with Crippen molar-refractivity contribution < 1.29 is 24.0 Å². The Morgan fingerprint density at radius 2 is 1.88 bits per heavy atom. The molecule has 2 aromatic rings. The van der Waals surface area contributed by atoms with E-state index in [1.807, 2.05) is 0 Å². The van der Waals surface area contributed by atoms with Gasteiger partial charge in [-0.3, -0.25) is 14.9 Å². The second-order valence-corrected chi connectivity index (χ2v) is 8.01. The average molecular weight is 448 g/mol. The number of carbonyl (C=O) groups is 2. The number of ketones is 1. The van der Waals surface area contributed by atoms with Gasteiger partial charge in [0.05, 0.1) is 23.5 Å². The van der Waals surface area contributed by atoms with E-state index in [-0.39, 0.29) is 23.7 Å². The number of nitro groups is 1. The number of hydrogen-bond donors (Lipinski definition) is 1. The third kappa shape index (κ3) is 4.37. The Kier molecular flexibility index (Phi) is 6.26. The maximum absolute atomic E-state index is 13.3. The van der Waals surface area contributed by atoms with E-state index in [2.05, 4.69) is 5.32 Å². The van der Waals surface area contributed by atoms with Crippen molar-refractivity contribution >= 4 is 17.4 Å². The molecule has 0 saturated heterocycles. The Balaban J connectivity index is 1.72. The molecule has 170 valence electrons. The Labute approximate surface area is 191 Å². The number of dihydropyridines is 1. The van der Waals surface area contributed by atoms with Crippen LogP contribution in [0.25, 0.3) is 0 Å². The van der Waals surface area contributed by atoms with E-state index in [1.54, 1.807) is 56.5 Å². The molecule has 4 rings (SSSR count). The maximum Gasteiger partial charge on any atom is 0.337 e. The third-order valence-corrected chi connectivity index (χ3v) is 5.97. The molecule has 0 fully saturated rings. The summed E-state index contributed by atoms with van der Waals surface area (Å²) in [4.78, 5) is 37.5. The minimum atomic E-state index is -0.862. The fourth-order valence-electron chi connectivity index (χ4n) is 4.41. The molecule has 2 aliphatic rings. The first-order valence-electron chi connectivity index (χ1n) is 10.7. The minimum Gasteiger partial charge on any atom is -0.497 e. The normalized spacial score (nSPS) is 17.9. The zero-order chi connectivity index (χ0) is 23.5. The van der Waals surface area contributed by atoms with Gasteiger partial charge in [-0.1, -0.05) is 30.3 Å². The molecule has 33 heavy (non-hydrogen) atoms. The number of nitrogens with zero attached hydrogens (tertiary/aromatic N) is 1. The lowest BCUT2D eigenvalue weighted by Gasteiger charge is -2.33. The van der Waals surface area contributed by atoms with Gasteiger partial charge in [0.2, 0.25) is 0 Å². The van der Waals surface area contributed by atoms with Gasteiger partial charge in [0, 0.05) is 35.0 Å². The molecule has 0 bridgehead atoms. The van der Waals surface area contributed by atoms with Crippen LogP contribution in [0.2, 0.25) is 0 Å². The van der Waals surface area contributed by atoms with E-state index in [4.69, 9.17) is 9.47 Å². The summed E-state index contributed by atoms with van der Waals surface area (Å²) in [7, 11) is 1.57. The predicted octanol–water partition coefficient (Wildman–Crippen LogP) is 4.31. The summed E-state index contributed by atoms with van der Waals surface area (Å²) in [5.41, 5.74) is 2.82. The topological polar surface area (TPSA) is 108 Å². The van der Waals surface area contributed by atoms with E-state index < -0.39 is 16.8 Å². The van der Waals surface area contributed by atoms with Crippen molar-refractivity contribution in [2.75, 3.05) is 7.11 Å². The summed E-state index contributed by atoms with van der Waals surface area (Å²) in [6, 6.07) is 13.3. The van der Waals surface area contributed by atoms with Gasteiger partial charge in [-0.2, -0.15) is 0 Å². The number of methoxy groups -OCH3 is 1. The number of benzene rings is 2. The van der Waals surface area contributed by atoms with Crippen LogP contribution in [0.3, 0.4) is 0 Å². The van der Waals surface area contributed by atoms with Crippen LogP contribution in [0.4, 0.5) is 5.69 Å². The number of para-hydroxylation sites is 1. The van der Waals surface area contributed by atoms with Crippen molar-refractivity contribution in [3.8, 4) is 5.75 Å². The highest BCUT2D eigenvalue weighted by molar-refractivity contribution is 6.04. The molecule has 1 aliphatic heterocycles. The lowest BCUT2D eigenvalue weighted by molar-refractivity contribution is -0.385. The fraction of sp³-hybridized carbons (Fsp3) is 0.280. The number of Topliss-reactive ketones (excluding diaryl/α,β-unsaturated/α-hetero) is 1. The van der Waals surface area contributed by atoms with Crippen molar-refractivity contribution in [2.24, 2.45) is 0 Å². The number of allylic oxidation sites excluding steroid dienone is 3. The predicted molar refractivity (Wildman–Crippen MR) is 120 cm³/mol. The fourth-order valence-corrected chi connectivity index (χ4v) is 4.41. The van der Waals surface area contributed by atoms with Gasteiger partial charge in [0.1, 0.15) is 12.4 Å². The lowest BCUT2D eigenvalue weighted by Crippen LogP contribution is -2.34. The molecule has 1 N–H and O–H groups in total. The maximum atomic E-state index is 13.3. The second kappa shape index (κ2) is 9.28. The summed E-state index contributed by atoms with van der Waals surface area (Å²) in [5.74, 6) is -0.908. The highest BCUT2D eigenvalue weighted by Crippen LogP contribution is 2.45. The van der Waals surface area contributed by atoms with Gasteiger partial charge in [0.25, 0.3) is 5.69 Å². The number of carbonyl (C=O) groups excluding carboxylic acids is 2. The summed E-state index contributed by atoms with van der Waals surface area (Å²) >= 11 is 0. The highest BCUT2D eigenvalue weighted by atomic mass is 16.6. The van der Waals surface area contributed by atoms with Gasteiger partial charge in [-0.15, -0.1) is 0 Å². The SMILES string of the molecule is COc1ccc(COC(=O)C2=C(C)NC3=C(C(=O)CCC3)[C@H]2c2ccccc2[N+](=O)[O-])cc1. The molecule has 0 unspecified atom stereocenters. The van der Waals surface area contributed by atoms with Crippen LogP contribution in [-0.4, -0.2) is 23.8 Å².